The van der Waals surface area contributed by atoms with E-state index in [9.17, 15) is 17.6 Å². The summed E-state index contributed by atoms with van der Waals surface area (Å²) < 4.78 is 53.9. The van der Waals surface area contributed by atoms with E-state index in [4.69, 9.17) is 0 Å². The number of alkyl halides is 3. The Labute approximate surface area is 139 Å². The molecule has 0 aliphatic carbocycles. The second-order valence-corrected chi connectivity index (χ2v) is 5.29. The highest BCUT2D eigenvalue weighted by atomic mass is 19.4. The molecule has 0 bridgehead atoms. The smallest absolute Gasteiger partial charge is 0.328 e. The number of hydrogen-bond acceptors (Lipinski definition) is 2. The van der Waals surface area contributed by atoms with Crippen LogP contribution in [0.2, 0.25) is 0 Å². The Morgan fingerprint density at radius 3 is 2.29 bits per heavy atom. The quantitative estimate of drug-likeness (QED) is 0.787. The topological polar surface area (TPSA) is 29.9 Å². The van der Waals surface area contributed by atoms with Crippen molar-refractivity contribution in [1.29, 1.82) is 0 Å². The van der Waals surface area contributed by atoms with E-state index in [0.717, 1.165) is 6.20 Å². The van der Waals surface area contributed by atoms with Gasteiger partial charge < -0.3 is 9.88 Å². The molecule has 24 heavy (non-hydrogen) atoms. The summed E-state index contributed by atoms with van der Waals surface area (Å²) in [5.74, 6) is -0.365. The molecule has 0 spiro atoms. The molecule has 0 saturated carbocycles. The summed E-state index contributed by atoms with van der Waals surface area (Å²) in [5.41, 5.74) is -0.206. The fraction of sp³-hybridized carbons (Fsp3) is 0.471. The number of nitrogens with one attached hydrogen (secondary N) is 1. The zero-order valence-electron chi connectivity index (χ0n) is 14.5. The van der Waals surface area contributed by atoms with Gasteiger partial charge in [-0.25, -0.2) is 9.37 Å². The van der Waals surface area contributed by atoms with Crippen LogP contribution in [0.5, 0.6) is 0 Å². The van der Waals surface area contributed by atoms with Gasteiger partial charge in [0.15, 0.2) is 5.69 Å². The molecule has 134 valence electrons. The van der Waals surface area contributed by atoms with Crippen LogP contribution in [-0.2, 0) is 12.7 Å². The first kappa shape index (κ1) is 20.2. The van der Waals surface area contributed by atoms with Gasteiger partial charge in [-0.05, 0) is 27.0 Å². The maximum Gasteiger partial charge on any atom is 0.434 e. The first-order valence-electron chi connectivity index (χ1n) is 7.83. The third kappa shape index (κ3) is 4.56. The van der Waals surface area contributed by atoms with E-state index in [0.29, 0.717) is 17.7 Å². The number of hydrogen-bond donors (Lipinski definition) is 1. The molecule has 0 amide bonds. The van der Waals surface area contributed by atoms with Crippen LogP contribution < -0.4 is 5.32 Å². The maximum absolute atomic E-state index is 14.0. The van der Waals surface area contributed by atoms with E-state index in [1.165, 1.54) is 10.6 Å². The standard InChI is InChI=1S/C15H17F4N3.C2H6/c1-9(2)22-8-13(15(17,18)19)21-14(22)10-4-5-11(7-20-3)12(16)6-10;1-2/h4-6,8-9,20H,7H2,1-3H3;1-2H3. The third-order valence-electron chi connectivity index (χ3n) is 3.26. The molecule has 0 saturated heterocycles. The molecule has 0 radical (unpaired) electrons. The maximum atomic E-state index is 14.0. The van der Waals surface area contributed by atoms with Gasteiger partial charge in [-0.1, -0.05) is 26.0 Å². The monoisotopic (exact) mass is 345 g/mol. The molecular weight excluding hydrogens is 322 g/mol. The van der Waals surface area contributed by atoms with Gasteiger partial charge in [-0.3, -0.25) is 0 Å². The molecule has 3 nitrogen and oxygen atoms in total. The van der Waals surface area contributed by atoms with Gasteiger partial charge >= 0.3 is 6.18 Å². The second-order valence-electron chi connectivity index (χ2n) is 5.29. The number of imidazole rings is 1. The summed E-state index contributed by atoms with van der Waals surface area (Å²) >= 11 is 0. The lowest BCUT2D eigenvalue weighted by Gasteiger charge is -2.12. The van der Waals surface area contributed by atoms with Crippen LogP contribution in [0.1, 0.15) is 45.0 Å². The molecule has 1 heterocycles. The van der Waals surface area contributed by atoms with Gasteiger partial charge in [0, 0.05) is 29.9 Å². The Morgan fingerprint density at radius 1 is 1.21 bits per heavy atom. The predicted octanol–water partition coefficient (Wildman–Crippen LogP) is 5.03. The Hall–Kier alpha value is -1.89. The molecule has 2 rings (SSSR count). The van der Waals surface area contributed by atoms with Crippen molar-refractivity contribution in [3.05, 3.63) is 41.5 Å². The highest BCUT2D eigenvalue weighted by molar-refractivity contribution is 5.57. The average Bonchev–Trinajstić information content (AvgIpc) is 2.97. The van der Waals surface area contributed by atoms with Crippen molar-refractivity contribution in [2.75, 3.05) is 7.05 Å². The minimum atomic E-state index is -4.53. The van der Waals surface area contributed by atoms with Crippen molar-refractivity contribution < 1.29 is 17.6 Å². The van der Waals surface area contributed by atoms with Crippen molar-refractivity contribution in [2.45, 2.75) is 46.5 Å². The van der Waals surface area contributed by atoms with Crippen LogP contribution in [0.15, 0.2) is 24.4 Å². The zero-order valence-corrected chi connectivity index (χ0v) is 14.5. The molecule has 0 aliphatic heterocycles. The number of halogens is 4. The van der Waals surface area contributed by atoms with Gasteiger partial charge in [0.2, 0.25) is 0 Å². The first-order valence-corrected chi connectivity index (χ1v) is 7.83. The predicted molar refractivity (Wildman–Crippen MR) is 87.1 cm³/mol. The Bertz CT molecular complexity index is 660. The summed E-state index contributed by atoms with van der Waals surface area (Å²) in [7, 11) is 1.69. The minimum absolute atomic E-state index is 0.109. The van der Waals surface area contributed by atoms with E-state index < -0.39 is 17.7 Å². The van der Waals surface area contributed by atoms with Crippen LogP contribution in [-0.4, -0.2) is 16.6 Å². The van der Waals surface area contributed by atoms with Crippen LogP contribution in [0.4, 0.5) is 17.6 Å². The van der Waals surface area contributed by atoms with Gasteiger partial charge in [-0.2, -0.15) is 13.2 Å². The molecule has 0 unspecified atom stereocenters. The first-order chi connectivity index (χ1) is 11.2. The summed E-state index contributed by atoms with van der Waals surface area (Å²) in [6, 6.07) is 4.12. The van der Waals surface area contributed by atoms with Crippen LogP contribution in [0, 0.1) is 5.82 Å². The fourth-order valence-corrected chi connectivity index (χ4v) is 2.16. The van der Waals surface area contributed by atoms with Gasteiger partial charge in [0.1, 0.15) is 11.6 Å². The second kappa shape index (κ2) is 8.28. The third-order valence-corrected chi connectivity index (χ3v) is 3.26. The molecule has 0 atom stereocenters. The zero-order chi connectivity index (χ0) is 18.5. The van der Waals surface area contributed by atoms with Crippen LogP contribution in [0.25, 0.3) is 11.4 Å². The lowest BCUT2D eigenvalue weighted by atomic mass is 10.1. The number of benzene rings is 1. The summed E-state index contributed by atoms with van der Waals surface area (Å²) in [4.78, 5) is 3.65. The van der Waals surface area contributed by atoms with Gasteiger partial charge in [0.05, 0.1) is 0 Å². The SMILES string of the molecule is CC.CNCc1ccc(-c2nc(C(F)(F)F)cn2C(C)C)cc1F. The van der Waals surface area contributed by atoms with Crippen molar-refractivity contribution >= 4 is 0 Å². The molecule has 1 aromatic carbocycles. The fourth-order valence-electron chi connectivity index (χ4n) is 2.16. The Morgan fingerprint density at radius 2 is 1.83 bits per heavy atom. The molecule has 0 aliphatic rings. The van der Waals surface area contributed by atoms with Crippen molar-refractivity contribution in [2.24, 2.45) is 0 Å². The van der Waals surface area contributed by atoms with Crippen molar-refractivity contribution in [1.82, 2.24) is 14.9 Å². The molecule has 2 aromatic rings. The summed E-state index contributed by atoms with van der Waals surface area (Å²) in [5, 5.41) is 2.83. The molecule has 1 aromatic heterocycles. The van der Waals surface area contributed by atoms with Crippen molar-refractivity contribution in [3.8, 4) is 11.4 Å². The molecule has 7 heteroatoms. The van der Waals surface area contributed by atoms with Crippen molar-refractivity contribution in [3.63, 3.8) is 0 Å². The highest BCUT2D eigenvalue weighted by Crippen LogP contribution is 2.32. The largest absolute Gasteiger partial charge is 0.434 e. The van der Waals surface area contributed by atoms with Gasteiger partial charge in [0.25, 0.3) is 0 Å². The van der Waals surface area contributed by atoms with Gasteiger partial charge in [-0.15, -0.1) is 0 Å². The molecule has 0 fully saturated rings. The highest BCUT2D eigenvalue weighted by Gasteiger charge is 2.35. The molecular formula is C17H23F4N3. The number of rotatable bonds is 4. The molecule has 1 N–H and O–H groups in total. The lowest BCUT2D eigenvalue weighted by molar-refractivity contribution is -0.140. The van der Waals surface area contributed by atoms with E-state index in [2.05, 4.69) is 10.3 Å². The van der Waals surface area contributed by atoms with Crippen LogP contribution >= 0.6 is 0 Å². The average molecular weight is 345 g/mol. The Kier molecular flexibility index (Phi) is 6.95. The number of aromatic nitrogens is 2. The van der Waals surface area contributed by atoms with Crippen LogP contribution in [0.3, 0.4) is 0 Å². The minimum Gasteiger partial charge on any atom is -0.328 e. The summed E-state index contributed by atoms with van der Waals surface area (Å²) in [6.07, 6.45) is -3.57. The Balaban J connectivity index is 0.00000139. The van der Waals surface area contributed by atoms with E-state index in [-0.39, 0.29) is 11.9 Å². The number of nitrogens with zero attached hydrogens (tertiary/aromatic N) is 2. The van der Waals surface area contributed by atoms with E-state index in [1.807, 2.05) is 13.8 Å². The normalized spacial score (nSPS) is 11.4. The lowest BCUT2D eigenvalue weighted by Crippen LogP contribution is -2.07. The summed E-state index contributed by atoms with van der Waals surface area (Å²) in [6.45, 7) is 7.84. The van der Waals surface area contributed by atoms with E-state index in [1.54, 1.807) is 33.0 Å². The van der Waals surface area contributed by atoms with E-state index >= 15 is 0 Å².